The van der Waals surface area contributed by atoms with Gasteiger partial charge in [0.2, 0.25) is 5.88 Å². The molecule has 0 radical (unpaired) electrons. The van der Waals surface area contributed by atoms with Crippen molar-refractivity contribution >= 4 is 17.3 Å². The highest BCUT2D eigenvalue weighted by molar-refractivity contribution is 6.30. The third-order valence-electron chi connectivity index (χ3n) is 4.34. The van der Waals surface area contributed by atoms with Crippen LogP contribution in [0.1, 0.15) is 35.2 Å². The largest absolute Gasteiger partial charge is 0.471 e. The maximum atomic E-state index is 12.3. The van der Waals surface area contributed by atoms with Gasteiger partial charge in [0.1, 0.15) is 5.15 Å². The Balaban J connectivity index is 1.80. The zero-order chi connectivity index (χ0) is 18.1. The van der Waals surface area contributed by atoms with E-state index < -0.39 is 13.0 Å². The molecule has 1 atom stereocenters. The highest BCUT2D eigenvalue weighted by Gasteiger charge is 2.29. The molecule has 4 nitrogen and oxygen atoms in total. The Kier molecular flexibility index (Phi) is 4.90. The summed E-state index contributed by atoms with van der Waals surface area (Å²) in [5, 5.41) is 0.485. The molecule has 0 saturated carbocycles. The second-order valence-electron chi connectivity index (χ2n) is 5.97. The molecule has 0 fully saturated rings. The lowest BCUT2D eigenvalue weighted by Crippen LogP contribution is -2.20. The van der Waals surface area contributed by atoms with E-state index in [9.17, 15) is 8.78 Å². The summed E-state index contributed by atoms with van der Waals surface area (Å²) in [6.07, 6.45) is 0.792. The van der Waals surface area contributed by atoms with Gasteiger partial charge in [-0.1, -0.05) is 18.2 Å². The van der Waals surface area contributed by atoms with Crippen molar-refractivity contribution in [1.82, 2.24) is 14.9 Å². The summed E-state index contributed by atoms with van der Waals surface area (Å²) in [4.78, 5) is 10.4. The quantitative estimate of drug-likeness (QED) is 0.724. The minimum absolute atomic E-state index is 0.00804. The molecule has 0 amide bonds. The first kappa shape index (κ1) is 17.6. The number of nitrogens with zero attached hydrogens (tertiary/aromatic N) is 3. The van der Waals surface area contributed by atoms with Crippen LogP contribution in [-0.2, 0) is 6.54 Å². The Morgan fingerprint density at radius 3 is 2.80 bits per heavy atom. The van der Waals surface area contributed by atoms with Crippen molar-refractivity contribution in [1.29, 1.82) is 0 Å². The smallest absolute Gasteiger partial charge is 0.272 e. The van der Waals surface area contributed by atoms with E-state index >= 15 is 0 Å². The van der Waals surface area contributed by atoms with Gasteiger partial charge in [-0.05, 0) is 31.5 Å². The average molecular weight is 366 g/mol. The summed E-state index contributed by atoms with van der Waals surface area (Å²) in [6, 6.07) is 3.79. The molecule has 1 aliphatic rings. The SMILES string of the molecule is C=C1c2ccnc(Cl)c2CN1C(C)c1cnc(OCC(F)F)c(C)c1. The lowest BCUT2D eigenvalue weighted by Gasteiger charge is -2.28. The summed E-state index contributed by atoms with van der Waals surface area (Å²) in [6.45, 7) is 7.95. The van der Waals surface area contributed by atoms with Crippen molar-refractivity contribution in [2.24, 2.45) is 0 Å². The zero-order valence-electron chi connectivity index (χ0n) is 14.0. The van der Waals surface area contributed by atoms with E-state index in [2.05, 4.69) is 21.4 Å². The number of pyridine rings is 2. The molecule has 2 aromatic heterocycles. The standard InChI is InChI=1S/C18H18ClF2N3O/c1-10-6-13(7-23-18(10)25-9-16(20)21)11(2)24-8-15-14(12(24)3)4-5-22-17(15)19/h4-7,11,16H,3,8-9H2,1-2H3. The summed E-state index contributed by atoms with van der Waals surface area (Å²) in [7, 11) is 0. The molecule has 0 aliphatic carbocycles. The molecule has 1 unspecified atom stereocenters. The predicted molar refractivity (Wildman–Crippen MR) is 92.7 cm³/mol. The van der Waals surface area contributed by atoms with Crippen molar-refractivity contribution in [3.63, 3.8) is 0 Å². The summed E-state index contributed by atoms with van der Waals surface area (Å²) in [5.74, 6) is 0.229. The Hall–Kier alpha value is -2.21. The van der Waals surface area contributed by atoms with Gasteiger partial charge in [0.15, 0.2) is 6.61 Å². The molecule has 0 saturated heterocycles. The number of fused-ring (bicyclic) bond motifs is 1. The van der Waals surface area contributed by atoms with Gasteiger partial charge in [-0.2, -0.15) is 0 Å². The van der Waals surface area contributed by atoms with Crippen LogP contribution in [0.25, 0.3) is 5.70 Å². The second kappa shape index (κ2) is 6.96. The highest BCUT2D eigenvalue weighted by Crippen LogP contribution is 2.40. The van der Waals surface area contributed by atoms with Crippen LogP contribution in [0.3, 0.4) is 0 Å². The van der Waals surface area contributed by atoms with Crippen molar-refractivity contribution < 1.29 is 13.5 Å². The van der Waals surface area contributed by atoms with Crippen LogP contribution in [0.5, 0.6) is 5.88 Å². The number of alkyl halides is 2. The second-order valence-corrected chi connectivity index (χ2v) is 6.33. The van der Waals surface area contributed by atoms with Crippen molar-refractivity contribution in [3.8, 4) is 5.88 Å². The van der Waals surface area contributed by atoms with Gasteiger partial charge in [-0.3, -0.25) is 0 Å². The lowest BCUT2D eigenvalue weighted by molar-refractivity contribution is 0.0792. The van der Waals surface area contributed by atoms with Crippen LogP contribution in [0.4, 0.5) is 8.78 Å². The van der Waals surface area contributed by atoms with Crippen LogP contribution in [0.15, 0.2) is 31.1 Å². The Labute approximate surface area is 150 Å². The molecule has 3 rings (SSSR count). The fourth-order valence-corrected chi connectivity index (χ4v) is 3.18. The summed E-state index contributed by atoms with van der Waals surface area (Å²) in [5.41, 5.74) is 4.49. The summed E-state index contributed by atoms with van der Waals surface area (Å²) >= 11 is 6.19. The fraction of sp³-hybridized carbons (Fsp3) is 0.333. The maximum absolute atomic E-state index is 12.3. The van der Waals surface area contributed by atoms with Crippen LogP contribution >= 0.6 is 11.6 Å². The number of aryl methyl sites for hydroxylation is 1. The molecule has 25 heavy (non-hydrogen) atoms. The van der Waals surface area contributed by atoms with E-state index in [-0.39, 0.29) is 11.9 Å². The van der Waals surface area contributed by atoms with Gasteiger partial charge in [0.05, 0.1) is 6.04 Å². The van der Waals surface area contributed by atoms with Gasteiger partial charge in [-0.25, -0.2) is 18.7 Å². The predicted octanol–water partition coefficient (Wildman–Crippen LogP) is 4.63. The van der Waals surface area contributed by atoms with E-state index in [1.807, 2.05) is 19.1 Å². The molecule has 1 aliphatic heterocycles. The van der Waals surface area contributed by atoms with Crippen LogP contribution in [-0.4, -0.2) is 27.9 Å². The van der Waals surface area contributed by atoms with Crippen LogP contribution < -0.4 is 4.74 Å². The van der Waals surface area contributed by atoms with Gasteiger partial charge < -0.3 is 9.64 Å². The van der Waals surface area contributed by atoms with E-state index in [1.54, 1.807) is 19.3 Å². The van der Waals surface area contributed by atoms with Gasteiger partial charge in [-0.15, -0.1) is 0 Å². The Morgan fingerprint density at radius 2 is 2.16 bits per heavy atom. The topological polar surface area (TPSA) is 38.2 Å². The Morgan fingerprint density at radius 1 is 1.40 bits per heavy atom. The molecule has 0 aromatic carbocycles. The third kappa shape index (κ3) is 3.44. The first-order valence-corrected chi connectivity index (χ1v) is 8.23. The fourth-order valence-electron chi connectivity index (χ4n) is 2.96. The molecule has 3 heterocycles. The first-order chi connectivity index (χ1) is 11.9. The molecule has 2 aromatic rings. The first-order valence-electron chi connectivity index (χ1n) is 7.85. The molecule has 7 heteroatoms. The summed E-state index contributed by atoms with van der Waals surface area (Å²) < 4.78 is 29.6. The molecular formula is C18H18ClF2N3O. The van der Waals surface area contributed by atoms with Crippen molar-refractivity contribution in [3.05, 3.63) is 58.5 Å². The molecule has 0 N–H and O–H groups in total. The lowest BCUT2D eigenvalue weighted by atomic mass is 10.1. The van der Waals surface area contributed by atoms with Gasteiger partial charge in [0, 0.05) is 41.3 Å². The number of ether oxygens (including phenoxy) is 1. The molecular weight excluding hydrogens is 348 g/mol. The van der Waals surface area contributed by atoms with E-state index in [1.165, 1.54) is 0 Å². The van der Waals surface area contributed by atoms with Crippen LogP contribution in [0.2, 0.25) is 5.15 Å². The molecule has 0 bridgehead atoms. The van der Waals surface area contributed by atoms with Gasteiger partial charge in [0.25, 0.3) is 6.43 Å². The zero-order valence-corrected chi connectivity index (χ0v) is 14.7. The highest BCUT2D eigenvalue weighted by atomic mass is 35.5. The van der Waals surface area contributed by atoms with E-state index in [0.29, 0.717) is 17.3 Å². The number of hydrogen-bond acceptors (Lipinski definition) is 4. The van der Waals surface area contributed by atoms with Gasteiger partial charge >= 0.3 is 0 Å². The Bertz CT molecular complexity index is 813. The number of halogens is 3. The molecule has 132 valence electrons. The number of hydrogen-bond donors (Lipinski definition) is 0. The van der Waals surface area contributed by atoms with Crippen molar-refractivity contribution in [2.45, 2.75) is 32.9 Å². The van der Waals surface area contributed by atoms with E-state index in [4.69, 9.17) is 16.3 Å². The monoisotopic (exact) mass is 365 g/mol. The normalized spacial score (nSPS) is 14.8. The maximum Gasteiger partial charge on any atom is 0.272 e. The third-order valence-corrected chi connectivity index (χ3v) is 4.66. The number of aromatic nitrogens is 2. The molecule has 0 spiro atoms. The van der Waals surface area contributed by atoms with E-state index in [0.717, 1.165) is 22.4 Å². The average Bonchev–Trinajstić information content (AvgIpc) is 2.91. The van der Waals surface area contributed by atoms with Crippen molar-refractivity contribution in [2.75, 3.05) is 6.61 Å². The minimum Gasteiger partial charge on any atom is -0.471 e. The number of rotatable bonds is 5. The minimum atomic E-state index is -2.52. The van der Waals surface area contributed by atoms with Crippen LogP contribution in [0, 0.1) is 6.92 Å².